The van der Waals surface area contributed by atoms with Crippen molar-refractivity contribution in [2.24, 2.45) is 11.8 Å². The predicted octanol–water partition coefficient (Wildman–Crippen LogP) is 2.27. The quantitative estimate of drug-likeness (QED) is 0.806. The molecular weight excluding hydrogens is 290 g/mol. The Morgan fingerprint density at radius 1 is 1.17 bits per heavy atom. The molecule has 3 heterocycles. The van der Waals surface area contributed by atoms with E-state index in [1.54, 1.807) is 0 Å². The Bertz CT molecular complexity index is 520. The van der Waals surface area contributed by atoms with E-state index in [2.05, 4.69) is 27.8 Å². The van der Waals surface area contributed by atoms with Gasteiger partial charge in [0.15, 0.2) is 0 Å². The zero-order chi connectivity index (χ0) is 15.6. The van der Waals surface area contributed by atoms with Gasteiger partial charge in [-0.15, -0.1) is 0 Å². The molecule has 0 N–H and O–H groups in total. The summed E-state index contributed by atoms with van der Waals surface area (Å²) in [4.78, 5) is 7.06. The van der Waals surface area contributed by atoms with Gasteiger partial charge in [0, 0.05) is 51.1 Å². The van der Waals surface area contributed by atoms with Crippen LogP contribution in [0.3, 0.4) is 0 Å². The molecule has 2 aliphatic heterocycles. The number of hydrogen-bond acceptors (Lipinski definition) is 4. The van der Waals surface area contributed by atoms with E-state index < -0.39 is 0 Å². The monoisotopic (exact) mass is 319 g/mol. The summed E-state index contributed by atoms with van der Waals surface area (Å²) in [5, 5.41) is 0. The van der Waals surface area contributed by atoms with E-state index in [4.69, 9.17) is 9.47 Å². The van der Waals surface area contributed by atoms with Crippen molar-refractivity contribution in [1.29, 1.82) is 0 Å². The second-order valence-corrected chi connectivity index (χ2v) is 7.66. The van der Waals surface area contributed by atoms with E-state index in [9.17, 15) is 0 Å². The van der Waals surface area contributed by atoms with Crippen molar-refractivity contribution in [1.82, 2.24) is 14.5 Å². The van der Waals surface area contributed by atoms with E-state index in [0.717, 1.165) is 64.8 Å². The molecule has 5 nitrogen and oxygen atoms in total. The zero-order valence-electron chi connectivity index (χ0n) is 14.2. The van der Waals surface area contributed by atoms with Crippen molar-refractivity contribution in [3.8, 4) is 0 Å². The van der Waals surface area contributed by atoms with Crippen LogP contribution in [0.1, 0.15) is 43.0 Å². The molecule has 0 unspecified atom stereocenters. The smallest absolute Gasteiger partial charge is 0.0952 e. The molecule has 0 amide bonds. The Morgan fingerprint density at radius 2 is 2.00 bits per heavy atom. The van der Waals surface area contributed by atoms with Crippen LogP contribution in [0.15, 0.2) is 6.33 Å². The van der Waals surface area contributed by atoms with Gasteiger partial charge in [-0.05, 0) is 44.6 Å². The van der Waals surface area contributed by atoms with Crippen molar-refractivity contribution < 1.29 is 9.47 Å². The lowest BCUT2D eigenvalue weighted by Crippen LogP contribution is -2.34. The maximum absolute atomic E-state index is 6.14. The third kappa shape index (κ3) is 3.78. The molecule has 4 rings (SSSR count). The molecule has 128 valence electrons. The molecule has 2 fully saturated rings. The summed E-state index contributed by atoms with van der Waals surface area (Å²) < 4.78 is 14.0. The molecule has 23 heavy (non-hydrogen) atoms. The highest BCUT2D eigenvalue weighted by Crippen LogP contribution is 2.34. The van der Waals surface area contributed by atoms with Crippen LogP contribution in [0.2, 0.25) is 0 Å². The minimum atomic E-state index is 0.463. The molecule has 1 aromatic rings. The molecule has 0 spiro atoms. The third-order valence-electron chi connectivity index (χ3n) is 5.46. The van der Waals surface area contributed by atoms with Crippen molar-refractivity contribution >= 4 is 0 Å². The van der Waals surface area contributed by atoms with Crippen LogP contribution in [-0.4, -0.2) is 54.5 Å². The summed E-state index contributed by atoms with van der Waals surface area (Å²) in [5.74, 6) is 2.03. The van der Waals surface area contributed by atoms with Gasteiger partial charge in [0.2, 0.25) is 0 Å². The van der Waals surface area contributed by atoms with Gasteiger partial charge < -0.3 is 14.0 Å². The first-order chi connectivity index (χ1) is 11.3. The van der Waals surface area contributed by atoms with Crippen LogP contribution in [-0.2, 0) is 22.6 Å². The summed E-state index contributed by atoms with van der Waals surface area (Å²) in [6, 6.07) is 0. The summed E-state index contributed by atoms with van der Waals surface area (Å²) in [6.45, 7) is 6.72. The Balaban J connectivity index is 1.38. The number of hydrogen-bond donors (Lipinski definition) is 0. The molecule has 1 aromatic heterocycles. The highest BCUT2D eigenvalue weighted by molar-refractivity contribution is 5.22. The van der Waals surface area contributed by atoms with Gasteiger partial charge in [-0.25, -0.2) is 4.98 Å². The SMILES string of the molecule is CN1Cc2ncn(CC3CC3)c2[C@@H](COCC2CCOCC2)C1. The van der Waals surface area contributed by atoms with E-state index in [-0.39, 0.29) is 0 Å². The van der Waals surface area contributed by atoms with Crippen LogP contribution in [0.5, 0.6) is 0 Å². The van der Waals surface area contributed by atoms with Crippen LogP contribution >= 0.6 is 0 Å². The number of fused-ring (bicyclic) bond motifs is 1. The maximum Gasteiger partial charge on any atom is 0.0952 e. The van der Waals surface area contributed by atoms with Crippen molar-refractivity contribution in [3.05, 3.63) is 17.7 Å². The molecule has 1 aliphatic carbocycles. The fourth-order valence-corrected chi connectivity index (χ4v) is 3.95. The molecule has 0 bridgehead atoms. The van der Waals surface area contributed by atoms with Gasteiger partial charge in [-0.1, -0.05) is 0 Å². The third-order valence-corrected chi connectivity index (χ3v) is 5.46. The van der Waals surface area contributed by atoms with E-state index in [1.807, 2.05) is 0 Å². The number of nitrogens with zero attached hydrogens (tertiary/aromatic N) is 3. The molecule has 0 radical (unpaired) electrons. The van der Waals surface area contributed by atoms with Crippen molar-refractivity contribution in [2.75, 3.05) is 40.0 Å². The summed E-state index contributed by atoms with van der Waals surface area (Å²) in [5.41, 5.74) is 2.71. The minimum Gasteiger partial charge on any atom is -0.381 e. The van der Waals surface area contributed by atoms with Crippen molar-refractivity contribution in [3.63, 3.8) is 0 Å². The lowest BCUT2D eigenvalue weighted by Gasteiger charge is -2.31. The Hall–Kier alpha value is -0.910. The summed E-state index contributed by atoms with van der Waals surface area (Å²) in [6.07, 6.45) is 7.13. The molecule has 3 aliphatic rings. The first-order valence-corrected chi connectivity index (χ1v) is 9.17. The first-order valence-electron chi connectivity index (χ1n) is 9.17. The molecule has 1 saturated carbocycles. The number of ether oxygens (including phenoxy) is 2. The zero-order valence-corrected chi connectivity index (χ0v) is 14.2. The minimum absolute atomic E-state index is 0.463. The predicted molar refractivity (Wildman–Crippen MR) is 88.4 cm³/mol. The average molecular weight is 319 g/mol. The molecule has 5 heteroatoms. The molecule has 0 aromatic carbocycles. The first kappa shape index (κ1) is 15.6. The van der Waals surface area contributed by atoms with Gasteiger partial charge >= 0.3 is 0 Å². The van der Waals surface area contributed by atoms with Crippen molar-refractivity contribution in [2.45, 2.75) is 44.7 Å². The molecule has 1 saturated heterocycles. The standard InChI is InChI=1S/C18H29N3O2/c1-20-9-16(12-23-11-15-4-6-22-7-5-15)18-17(10-20)19-13-21(18)8-14-2-3-14/h13-16H,2-12H2,1H3/t16-/m1/s1. The number of likely N-dealkylation sites (N-methyl/N-ethyl adjacent to an activating group) is 1. The van der Waals surface area contributed by atoms with Crippen LogP contribution < -0.4 is 0 Å². The van der Waals surface area contributed by atoms with E-state index in [1.165, 1.54) is 24.2 Å². The lowest BCUT2D eigenvalue weighted by atomic mass is 9.98. The largest absolute Gasteiger partial charge is 0.381 e. The van der Waals surface area contributed by atoms with Crippen LogP contribution in [0.4, 0.5) is 0 Å². The van der Waals surface area contributed by atoms with Gasteiger partial charge in [-0.2, -0.15) is 0 Å². The van der Waals surface area contributed by atoms with Crippen LogP contribution in [0.25, 0.3) is 0 Å². The molecular formula is C18H29N3O2. The number of rotatable bonds is 6. The number of imidazole rings is 1. The number of aromatic nitrogens is 2. The van der Waals surface area contributed by atoms with Gasteiger partial charge in [0.25, 0.3) is 0 Å². The topological polar surface area (TPSA) is 39.5 Å². The normalized spacial score (nSPS) is 26.4. The lowest BCUT2D eigenvalue weighted by molar-refractivity contribution is 0.0137. The van der Waals surface area contributed by atoms with E-state index >= 15 is 0 Å². The highest BCUT2D eigenvalue weighted by atomic mass is 16.5. The fourth-order valence-electron chi connectivity index (χ4n) is 3.95. The highest BCUT2D eigenvalue weighted by Gasteiger charge is 2.31. The second-order valence-electron chi connectivity index (χ2n) is 7.66. The maximum atomic E-state index is 6.14. The van der Waals surface area contributed by atoms with Gasteiger partial charge in [-0.3, -0.25) is 4.90 Å². The molecule has 1 atom stereocenters. The Kier molecular flexibility index (Phi) is 4.69. The summed E-state index contributed by atoms with van der Waals surface area (Å²) in [7, 11) is 2.19. The van der Waals surface area contributed by atoms with Gasteiger partial charge in [0.05, 0.1) is 18.6 Å². The second kappa shape index (κ2) is 6.91. The van der Waals surface area contributed by atoms with Crippen LogP contribution in [0, 0.1) is 11.8 Å². The van der Waals surface area contributed by atoms with E-state index in [0.29, 0.717) is 11.8 Å². The average Bonchev–Trinajstić information content (AvgIpc) is 3.28. The summed E-state index contributed by atoms with van der Waals surface area (Å²) >= 11 is 0. The Labute approximate surface area is 139 Å². The Morgan fingerprint density at radius 3 is 2.78 bits per heavy atom. The fraction of sp³-hybridized carbons (Fsp3) is 0.833. The van der Waals surface area contributed by atoms with Gasteiger partial charge in [0.1, 0.15) is 0 Å².